The summed E-state index contributed by atoms with van der Waals surface area (Å²) in [6, 6.07) is 20.8. The molecule has 0 spiro atoms. The van der Waals surface area contributed by atoms with Crippen molar-refractivity contribution in [3.05, 3.63) is 88.5 Å². The normalized spacial score (nSPS) is 10.2. The Bertz CT molecular complexity index is 1020. The zero-order valence-electron chi connectivity index (χ0n) is 16.3. The molecular weight excluding hydrogens is 386 g/mol. The number of nitrogens with one attached hydrogen (secondary N) is 2. The maximum atomic E-state index is 12.1. The van der Waals surface area contributed by atoms with Crippen molar-refractivity contribution in [2.45, 2.75) is 6.54 Å². The number of methoxy groups -OCH3 is 1. The van der Waals surface area contributed by atoms with Crippen LogP contribution in [0, 0.1) is 10.1 Å². The molecule has 0 saturated heterocycles. The zero-order chi connectivity index (χ0) is 21.3. The van der Waals surface area contributed by atoms with Gasteiger partial charge in [0.1, 0.15) is 0 Å². The van der Waals surface area contributed by atoms with Crippen molar-refractivity contribution in [1.29, 1.82) is 0 Å². The number of non-ortho nitro benzene ring substituents is 1. The molecular formula is C22H21N3O5. The van der Waals surface area contributed by atoms with Crippen molar-refractivity contribution < 1.29 is 19.2 Å². The van der Waals surface area contributed by atoms with Crippen molar-refractivity contribution in [2.24, 2.45) is 0 Å². The topological polar surface area (TPSA) is 103 Å². The van der Waals surface area contributed by atoms with Gasteiger partial charge in [0, 0.05) is 30.1 Å². The number of ether oxygens (including phenoxy) is 2. The lowest BCUT2D eigenvalue weighted by atomic mass is 10.2. The van der Waals surface area contributed by atoms with Crippen LogP contribution in [-0.2, 0) is 11.3 Å². The molecule has 8 heteroatoms. The number of nitro groups is 1. The number of amides is 1. The number of rotatable bonds is 9. The molecule has 3 rings (SSSR count). The fourth-order valence-electron chi connectivity index (χ4n) is 2.74. The van der Waals surface area contributed by atoms with Crippen LogP contribution in [0.15, 0.2) is 72.8 Å². The Hall–Kier alpha value is -4.07. The highest BCUT2D eigenvalue weighted by Gasteiger charge is 2.10. The van der Waals surface area contributed by atoms with Crippen LogP contribution in [0.2, 0.25) is 0 Å². The highest BCUT2D eigenvalue weighted by atomic mass is 16.6. The molecule has 30 heavy (non-hydrogen) atoms. The van der Waals surface area contributed by atoms with Crippen LogP contribution in [0.25, 0.3) is 0 Å². The number of hydrogen-bond acceptors (Lipinski definition) is 6. The zero-order valence-corrected chi connectivity index (χ0v) is 16.3. The van der Waals surface area contributed by atoms with Gasteiger partial charge in [-0.25, -0.2) is 0 Å². The summed E-state index contributed by atoms with van der Waals surface area (Å²) in [7, 11) is 1.52. The van der Waals surface area contributed by atoms with Crippen molar-refractivity contribution in [3.8, 4) is 11.5 Å². The number of hydrogen-bond donors (Lipinski definition) is 2. The minimum Gasteiger partial charge on any atom is -0.493 e. The lowest BCUT2D eigenvalue weighted by molar-refractivity contribution is -0.384. The molecule has 0 bridgehead atoms. The Morgan fingerprint density at radius 2 is 1.73 bits per heavy atom. The van der Waals surface area contributed by atoms with Crippen LogP contribution in [0.5, 0.6) is 11.5 Å². The molecule has 0 saturated carbocycles. The first kappa shape index (κ1) is 20.7. The van der Waals surface area contributed by atoms with Gasteiger partial charge in [0.15, 0.2) is 18.1 Å². The van der Waals surface area contributed by atoms with Crippen LogP contribution in [0.1, 0.15) is 5.56 Å². The summed E-state index contributed by atoms with van der Waals surface area (Å²) < 4.78 is 11.0. The minimum atomic E-state index is -0.436. The molecule has 3 aromatic rings. The van der Waals surface area contributed by atoms with E-state index in [1.54, 1.807) is 36.4 Å². The number of carbonyl (C=O) groups excluding carboxylic acids is 1. The van der Waals surface area contributed by atoms with E-state index in [1.807, 2.05) is 24.3 Å². The predicted molar refractivity (Wildman–Crippen MR) is 114 cm³/mol. The Kier molecular flexibility index (Phi) is 6.83. The molecule has 3 aromatic carbocycles. The fraction of sp³-hybridized carbons (Fsp3) is 0.136. The van der Waals surface area contributed by atoms with Crippen LogP contribution in [0.3, 0.4) is 0 Å². The first-order valence-electron chi connectivity index (χ1n) is 9.18. The smallest absolute Gasteiger partial charge is 0.271 e. The standard InChI is InChI=1S/C22H21N3O5/c1-29-21-12-16(14-23-18-8-5-9-19(13-18)25(27)28)10-11-20(21)30-15-22(26)24-17-6-3-2-4-7-17/h2-13,23H,14-15H2,1H3,(H,24,26). The summed E-state index contributed by atoms with van der Waals surface area (Å²) in [4.78, 5) is 22.5. The Morgan fingerprint density at radius 1 is 0.967 bits per heavy atom. The van der Waals surface area contributed by atoms with Gasteiger partial charge >= 0.3 is 0 Å². The van der Waals surface area contributed by atoms with E-state index >= 15 is 0 Å². The van der Waals surface area contributed by atoms with E-state index in [0.717, 1.165) is 5.56 Å². The summed E-state index contributed by atoms with van der Waals surface area (Å²) in [6.45, 7) is 0.281. The van der Waals surface area contributed by atoms with E-state index in [2.05, 4.69) is 10.6 Å². The fourth-order valence-corrected chi connectivity index (χ4v) is 2.74. The lowest BCUT2D eigenvalue weighted by Crippen LogP contribution is -2.20. The summed E-state index contributed by atoms with van der Waals surface area (Å²) in [5, 5.41) is 16.8. The van der Waals surface area contributed by atoms with E-state index in [4.69, 9.17) is 9.47 Å². The summed E-state index contributed by atoms with van der Waals surface area (Å²) >= 11 is 0. The summed E-state index contributed by atoms with van der Waals surface area (Å²) in [5.74, 6) is 0.653. The largest absolute Gasteiger partial charge is 0.493 e. The van der Waals surface area contributed by atoms with Gasteiger partial charge in [-0.15, -0.1) is 0 Å². The van der Waals surface area contributed by atoms with Gasteiger partial charge in [0.05, 0.1) is 12.0 Å². The number of carbonyl (C=O) groups is 1. The van der Waals surface area contributed by atoms with Gasteiger partial charge in [0.25, 0.3) is 11.6 Å². The predicted octanol–water partition coefficient (Wildman–Crippen LogP) is 4.23. The second-order valence-electron chi connectivity index (χ2n) is 6.35. The molecule has 0 unspecified atom stereocenters. The highest BCUT2D eigenvalue weighted by Crippen LogP contribution is 2.28. The molecule has 0 atom stereocenters. The van der Waals surface area contributed by atoms with Gasteiger partial charge in [-0.2, -0.15) is 0 Å². The first-order chi connectivity index (χ1) is 14.5. The van der Waals surface area contributed by atoms with Gasteiger partial charge in [-0.3, -0.25) is 14.9 Å². The van der Waals surface area contributed by atoms with Crippen molar-refractivity contribution in [2.75, 3.05) is 24.4 Å². The second kappa shape index (κ2) is 9.92. The van der Waals surface area contributed by atoms with Crippen LogP contribution < -0.4 is 20.1 Å². The third-order valence-electron chi connectivity index (χ3n) is 4.20. The third-order valence-corrected chi connectivity index (χ3v) is 4.20. The number of para-hydroxylation sites is 1. The number of nitrogens with zero attached hydrogens (tertiary/aromatic N) is 1. The maximum absolute atomic E-state index is 12.1. The van der Waals surface area contributed by atoms with Gasteiger partial charge < -0.3 is 20.1 Å². The number of anilines is 2. The van der Waals surface area contributed by atoms with E-state index < -0.39 is 4.92 Å². The maximum Gasteiger partial charge on any atom is 0.271 e. The van der Waals surface area contributed by atoms with Crippen molar-refractivity contribution in [3.63, 3.8) is 0 Å². The lowest BCUT2D eigenvalue weighted by Gasteiger charge is -2.13. The van der Waals surface area contributed by atoms with Crippen LogP contribution >= 0.6 is 0 Å². The molecule has 0 aliphatic carbocycles. The molecule has 0 aromatic heterocycles. The molecule has 2 N–H and O–H groups in total. The number of nitro benzene ring substituents is 1. The average molecular weight is 407 g/mol. The molecule has 154 valence electrons. The van der Waals surface area contributed by atoms with Gasteiger partial charge in [-0.05, 0) is 35.9 Å². The van der Waals surface area contributed by atoms with Crippen LogP contribution in [-0.4, -0.2) is 24.5 Å². The second-order valence-corrected chi connectivity index (χ2v) is 6.35. The Morgan fingerprint density at radius 3 is 2.47 bits per heavy atom. The number of benzene rings is 3. The minimum absolute atomic E-state index is 0.0232. The third kappa shape index (κ3) is 5.71. The van der Waals surface area contributed by atoms with E-state index in [0.29, 0.717) is 29.4 Å². The first-order valence-corrected chi connectivity index (χ1v) is 9.18. The van der Waals surface area contributed by atoms with E-state index in [9.17, 15) is 14.9 Å². The highest BCUT2D eigenvalue weighted by molar-refractivity contribution is 5.91. The SMILES string of the molecule is COc1cc(CNc2cccc([N+](=O)[O-])c2)ccc1OCC(=O)Nc1ccccc1. The van der Waals surface area contributed by atoms with Crippen molar-refractivity contribution >= 4 is 23.0 Å². The average Bonchev–Trinajstić information content (AvgIpc) is 2.77. The summed E-state index contributed by atoms with van der Waals surface area (Å²) in [6.07, 6.45) is 0. The molecule has 0 heterocycles. The van der Waals surface area contributed by atoms with Gasteiger partial charge in [-0.1, -0.05) is 30.3 Å². The Balaban J connectivity index is 1.58. The molecule has 0 radical (unpaired) electrons. The molecule has 0 aliphatic heterocycles. The van der Waals surface area contributed by atoms with Gasteiger partial charge in [0.2, 0.25) is 0 Å². The summed E-state index contributed by atoms with van der Waals surface area (Å²) in [5.41, 5.74) is 2.25. The van der Waals surface area contributed by atoms with Crippen molar-refractivity contribution in [1.82, 2.24) is 0 Å². The Labute approximate surface area is 173 Å². The van der Waals surface area contributed by atoms with E-state index in [-0.39, 0.29) is 18.2 Å². The molecule has 0 fully saturated rings. The van der Waals surface area contributed by atoms with Crippen LogP contribution in [0.4, 0.5) is 17.1 Å². The quantitative estimate of drug-likeness (QED) is 0.406. The van der Waals surface area contributed by atoms with E-state index in [1.165, 1.54) is 19.2 Å². The monoisotopic (exact) mass is 407 g/mol. The molecule has 0 aliphatic rings. The molecule has 8 nitrogen and oxygen atoms in total. The molecule has 1 amide bonds.